The van der Waals surface area contributed by atoms with Crippen LogP contribution in [0.15, 0.2) is 23.1 Å². The van der Waals surface area contributed by atoms with Crippen molar-refractivity contribution in [2.75, 3.05) is 31.8 Å². The van der Waals surface area contributed by atoms with Crippen molar-refractivity contribution in [1.82, 2.24) is 0 Å². The first-order chi connectivity index (χ1) is 8.36. The summed E-state index contributed by atoms with van der Waals surface area (Å²) in [6.45, 7) is -0.247. The number of methoxy groups -OCH3 is 1. The van der Waals surface area contributed by atoms with Gasteiger partial charge in [-0.05, 0) is 12.1 Å². The van der Waals surface area contributed by atoms with E-state index in [-0.39, 0.29) is 18.0 Å². The van der Waals surface area contributed by atoms with Crippen LogP contribution >= 0.6 is 0 Å². The second-order valence-electron chi connectivity index (χ2n) is 3.89. The van der Waals surface area contributed by atoms with Crippen LogP contribution in [0.1, 0.15) is 0 Å². The Morgan fingerprint density at radius 2 is 2.06 bits per heavy atom. The van der Waals surface area contributed by atoms with Gasteiger partial charge in [0, 0.05) is 24.6 Å². The van der Waals surface area contributed by atoms with Crippen LogP contribution in [-0.2, 0) is 9.84 Å². The molecule has 0 saturated carbocycles. The lowest BCUT2D eigenvalue weighted by Gasteiger charge is -2.12. The number of anilines is 1. The minimum Gasteiger partial charge on any atom is -0.497 e. The van der Waals surface area contributed by atoms with Crippen molar-refractivity contribution < 1.29 is 23.4 Å². The van der Waals surface area contributed by atoms with Gasteiger partial charge in [0.05, 0.1) is 24.7 Å². The number of nitrogens with one attached hydrogen (secondary N) is 1. The van der Waals surface area contributed by atoms with Crippen molar-refractivity contribution in [3.63, 3.8) is 0 Å². The van der Waals surface area contributed by atoms with Gasteiger partial charge in [-0.1, -0.05) is 0 Å². The van der Waals surface area contributed by atoms with Gasteiger partial charge in [-0.2, -0.15) is 0 Å². The lowest BCUT2D eigenvalue weighted by Crippen LogP contribution is -2.23. The minimum absolute atomic E-state index is 0.118. The molecule has 1 unspecified atom stereocenters. The summed E-state index contributed by atoms with van der Waals surface area (Å²) in [4.78, 5) is 0.128. The second kappa shape index (κ2) is 6.03. The van der Waals surface area contributed by atoms with Gasteiger partial charge < -0.3 is 20.3 Å². The van der Waals surface area contributed by atoms with E-state index >= 15 is 0 Å². The van der Waals surface area contributed by atoms with E-state index in [2.05, 4.69) is 5.32 Å². The first-order valence-corrected chi connectivity index (χ1v) is 7.18. The highest BCUT2D eigenvalue weighted by molar-refractivity contribution is 7.90. The van der Waals surface area contributed by atoms with Gasteiger partial charge in [0.1, 0.15) is 5.75 Å². The summed E-state index contributed by atoms with van der Waals surface area (Å²) in [7, 11) is -1.90. The van der Waals surface area contributed by atoms with Crippen LogP contribution in [0.2, 0.25) is 0 Å². The van der Waals surface area contributed by atoms with Gasteiger partial charge in [0.25, 0.3) is 0 Å². The summed E-state index contributed by atoms with van der Waals surface area (Å²) in [5, 5.41) is 20.7. The molecule has 0 heterocycles. The van der Waals surface area contributed by atoms with Crippen LogP contribution in [0.5, 0.6) is 5.75 Å². The number of aliphatic hydroxyl groups is 2. The molecule has 0 radical (unpaired) electrons. The van der Waals surface area contributed by atoms with Gasteiger partial charge in [-0.3, -0.25) is 0 Å². The smallest absolute Gasteiger partial charge is 0.175 e. The molecule has 0 aliphatic heterocycles. The molecule has 0 spiro atoms. The Labute approximate surface area is 106 Å². The van der Waals surface area contributed by atoms with Crippen molar-refractivity contribution in [3.8, 4) is 5.75 Å². The van der Waals surface area contributed by atoms with E-state index in [0.29, 0.717) is 11.4 Å². The summed E-state index contributed by atoms with van der Waals surface area (Å²) in [6, 6.07) is 4.48. The largest absolute Gasteiger partial charge is 0.497 e. The Balaban J connectivity index is 2.98. The number of aliphatic hydroxyl groups excluding tert-OH is 2. The summed E-state index contributed by atoms with van der Waals surface area (Å²) in [6.07, 6.45) is 0.201. The third-order valence-corrected chi connectivity index (χ3v) is 3.39. The first kappa shape index (κ1) is 14.7. The molecular formula is C11H17NO5S. The molecule has 7 heteroatoms. The van der Waals surface area contributed by atoms with Crippen molar-refractivity contribution in [2.24, 2.45) is 0 Å². The summed E-state index contributed by atoms with van der Waals surface area (Å²) in [5.74, 6) is 0.402. The number of hydrogen-bond acceptors (Lipinski definition) is 6. The van der Waals surface area contributed by atoms with Gasteiger partial charge in [0.2, 0.25) is 0 Å². The zero-order valence-corrected chi connectivity index (χ0v) is 11.1. The maximum Gasteiger partial charge on any atom is 0.175 e. The van der Waals surface area contributed by atoms with E-state index in [1.165, 1.54) is 19.2 Å². The molecule has 0 amide bonds. The number of sulfone groups is 1. The Morgan fingerprint density at radius 3 is 2.56 bits per heavy atom. The summed E-state index contributed by atoms with van der Waals surface area (Å²) >= 11 is 0. The predicted octanol–water partition coefficient (Wildman–Crippen LogP) is -0.136. The molecule has 6 nitrogen and oxygen atoms in total. The van der Waals surface area contributed by atoms with Crippen LogP contribution in [0.4, 0.5) is 5.69 Å². The Kier molecular flexibility index (Phi) is 4.94. The number of hydrogen-bond donors (Lipinski definition) is 3. The molecular weight excluding hydrogens is 258 g/mol. The van der Waals surface area contributed by atoms with Crippen LogP contribution in [0, 0.1) is 0 Å². The average Bonchev–Trinajstić information content (AvgIpc) is 2.34. The lowest BCUT2D eigenvalue weighted by molar-refractivity contribution is 0.105. The Bertz CT molecular complexity index is 500. The van der Waals surface area contributed by atoms with E-state index in [0.717, 1.165) is 6.26 Å². The van der Waals surface area contributed by atoms with Gasteiger partial charge >= 0.3 is 0 Å². The third-order valence-electron chi connectivity index (χ3n) is 2.30. The quantitative estimate of drug-likeness (QED) is 0.669. The molecule has 0 aliphatic carbocycles. The normalized spacial score (nSPS) is 13.1. The zero-order valence-electron chi connectivity index (χ0n) is 10.3. The minimum atomic E-state index is -3.33. The highest BCUT2D eigenvalue weighted by Crippen LogP contribution is 2.23. The highest BCUT2D eigenvalue weighted by atomic mass is 32.2. The molecule has 1 atom stereocenters. The van der Waals surface area contributed by atoms with E-state index < -0.39 is 15.9 Å². The maximum atomic E-state index is 11.5. The summed E-state index contributed by atoms with van der Waals surface area (Å²) in [5.41, 5.74) is 0.502. The molecule has 1 aromatic rings. The predicted molar refractivity (Wildman–Crippen MR) is 67.7 cm³/mol. The fourth-order valence-electron chi connectivity index (χ4n) is 1.31. The fraction of sp³-hybridized carbons (Fsp3) is 0.455. The molecule has 0 bridgehead atoms. The van der Waals surface area contributed by atoms with Crippen molar-refractivity contribution in [1.29, 1.82) is 0 Å². The Hall–Kier alpha value is -1.31. The molecule has 102 valence electrons. The van der Waals surface area contributed by atoms with Gasteiger partial charge in [0.15, 0.2) is 9.84 Å². The van der Waals surface area contributed by atoms with E-state index in [1.807, 2.05) is 0 Å². The summed E-state index contributed by atoms with van der Waals surface area (Å²) < 4.78 is 28.0. The van der Waals surface area contributed by atoms with Crippen LogP contribution in [-0.4, -0.2) is 51.3 Å². The van der Waals surface area contributed by atoms with E-state index in [4.69, 9.17) is 9.84 Å². The highest BCUT2D eigenvalue weighted by Gasteiger charge is 2.11. The van der Waals surface area contributed by atoms with E-state index in [9.17, 15) is 13.5 Å². The Morgan fingerprint density at radius 1 is 1.39 bits per heavy atom. The standard InChI is InChI=1S/C11H17NO5S/c1-17-10-3-8(12-6-9(14)7-13)4-11(5-10)18(2,15)16/h3-5,9,12-14H,6-7H2,1-2H3. The lowest BCUT2D eigenvalue weighted by atomic mass is 10.3. The van der Waals surface area contributed by atoms with Crippen molar-refractivity contribution in [3.05, 3.63) is 18.2 Å². The number of ether oxygens (including phenoxy) is 1. The zero-order chi connectivity index (χ0) is 13.8. The van der Waals surface area contributed by atoms with E-state index in [1.54, 1.807) is 6.07 Å². The molecule has 18 heavy (non-hydrogen) atoms. The second-order valence-corrected chi connectivity index (χ2v) is 5.90. The van der Waals surface area contributed by atoms with Crippen molar-refractivity contribution >= 4 is 15.5 Å². The third kappa shape index (κ3) is 4.17. The molecule has 1 rings (SSSR count). The maximum absolute atomic E-state index is 11.5. The van der Waals surface area contributed by atoms with Gasteiger partial charge in [-0.25, -0.2) is 8.42 Å². The number of benzene rings is 1. The number of rotatable bonds is 6. The first-order valence-electron chi connectivity index (χ1n) is 5.28. The topological polar surface area (TPSA) is 95.9 Å². The monoisotopic (exact) mass is 275 g/mol. The molecule has 1 aromatic carbocycles. The average molecular weight is 275 g/mol. The van der Waals surface area contributed by atoms with Crippen molar-refractivity contribution in [2.45, 2.75) is 11.0 Å². The molecule has 3 N–H and O–H groups in total. The molecule has 0 aromatic heterocycles. The molecule has 0 fully saturated rings. The van der Waals surface area contributed by atoms with Crippen LogP contribution < -0.4 is 10.1 Å². The fourth-order valence-corrected chi connectivity index (χ4v) is 1.98. The van der Waals surface area contributed by atoms with Crippen LogP contribution in [0.3, 0.4) is 0 Å². The van der Waals surface area contributed by atoms with Gasteiger partial charge in [-0.15, -0.1) is 0 Å². The molecule has 0 saturated heterocycles. The SMILES string of the molecule is COc1cc(NCC(O)CO)cc(S(C)(=O)=O)c1. The van der Waals surface area contributed by atoms with Crippen LogP contribution in [0.25, 0.3) is 0 Å². The molecule has 0 aliphatic rings.